The van der Waals surface area contributed by atoms with Gasteiger partial charge in [-0.2, -0.15) is 0 Å². The lowest BCUT2D eigenvalue weighted by molar-refractivity contribution is 0.665. The lowest BCUT2D eigenvalue weighted by Gasteiger charge is -2.10. The SMILES string of the molecule is CCCCn1c2cc3c(Br)cc2c2cc(Br)c(cc21)C=Cc1cc2c(cc1Br)c1cc(Br)c(cc1n2CCCC)C=Cc1cc2c(cc1Br)c1cc(Br)c(cc1n2-c1ccc(C)cc1)C=Cc1cc2c(cc1Br)c1cc(Br)c(cc1n2CCCC)C=C3. The molecule has 0 fully saturated rings. The quantitative estimate of drug-likeness (QED) is 0.130. The molecule has 0 N–H and O–H groups in total. The van der Waals surface area contributed by atoms with Crippen LogP contribution in [0.4, 0.5) is 0 Å². The highest BCUT2D eigenvalue weighted by molar-refractivity contribution is 9.11. The van der Waals surface area contributed by atoms with Crippen LogP contribution in [0.2, 0.25) is 0 Å². The molecular formula is C75H58Br8N4. The first-order chi connectivity index (χ1) is 42.2. The third-order valence-corrected chi connectivity index (χ3v) is 23.1. The average Bonchev–Trinajstić information content (AvgIpc) is 1.73. The number of hydrogen-bond donors (Lipinski definition) is 0. The molecule has 0 radical (unpaired) electrons. The number of unbranched alkanes of at least 4 members (excludes halogenated alkanes) is 3. The van der Waals surface area contributed by atoms with Crippen molar-refractivity contribution < 1.29 is 0 Å². The number of hydrogen-bond acceptors (Lipinski definition) is 0. The van der Waals surface area contributed by atoms with Crippen molar-refractivity contribution in [2.24, 2.45) is 0 Å². The number of fused-ring (bicyclic) bond motifs is 12. The third kappa shape index (κ3) is 10.7. The Morgan fingerprint density at radius 3 is 0.667 bits per heavy atom. The first-order valence-electron chi connectivity index (χ1n) is 29.8. The number of halogens is 8. The van der Waals surface area contributed by atoms with Crippen molar-refractivity contribution in [3.8, 4) is 5.69 Å². The van der Waals surface area contributed by atoms with Gasteiger partial charge in [-0.05, 0) is 180 Å². The summed E-state index contributed by atoms with van der Waals surface area (Å²) in [5, 5.41) is 9.71. The molecule has 5 heterocycles. The molecule has 1 aliphatic heterocycles. The van der Waals surface area contributed by atoms with Gasteiger partial charge in [0, 0.05) is 137 Å². The van der Waals surface area contributed by atoms with Gasteiger partial charge in [-0.1, -0.05) is 234 Å². The molecule has 434 valence electrons. The van der Waals surface area contributed by atoms with Gasteiger partial charge in [0.1, 0.15) is 0 Å². The molecule has 0 aliphatic carbocycles. The second-order valence-electron chi connectivity index (χ2n) is 23.1. The Morgan fingerprint density at radius 2 is 0.460 bits per heavy atom. The number of aryl methyl sites for hydroxylation is 4. The summed E-state index contributed by atoms with van der Waals surface area (Å²) in [5.41, 5.74) is 20.9. The second kappa shape index (κ2) is 24.3. The molecule has 9 aromatic carbocycles. The molecule has 0 unspecified atom stereocenters. The van der Waals surface area contributed by atoms with Gasteiger partial charge in [-0.25, -0.2) is 0 Å². The fourth-order valence-electron chi connectivity index (χ4n) is 13.0. The zero-order valence-electron chi connectivity index (χ0n) is 48.3. The molecule has 1 aliphatic rings. The highest BCUT2D eigenvalue weighted by Gasteiger charge is 2.22. The van der Waals surface area contributed by atoms with Crippen molar-refractivity contribution >= 4 is 263 Å². The lowest BCUT2D eigenvalue weighted by Crippen LogP contribution is -1.98. The van der Waals surface area contributed by atoms with Crippen LogP contribution in [-0.2, 0) is 19.6 Å². The maximum Gasteiger partial charge on any atom is 0.0547 e. The van der Waals surface area contributed by atoms with Gasteiger partial charge in [0.05, 0.1) is 11.0 Å². The summed E-state index contributed by atoms with van der Waals surface area (Å²) in [7, 11) is 0. The summed E-state index contributed by atoms with van der Waals surface area (Å²) in [5.74, 6) is 0. The predicted octanol–water partition coefficient (Wildman–Crippen LogP) is 26.9. The fourth-order valence-corrected chi connectivity index (χ4v) is 16.8. The van der Waals surface area contributed by atoms with Crippen LogP contribution >= 0.6 is 127 Å². The summed E-state index contributed by atoms with van der Waals surface area (Å²) in [6.07, 6.45) is 24.6. The molecular weight excluding hydrogens is 1600 g/mol. The summed E-state index contributed by atoms with van der Waals surface area (Å²) in [6.45, 7) is 11.7. The van der Waals surface area contributed by atoms with Crippen LogP contribution in [0.15, 0.2) is 157 Å². The second-order valence-corrected chi connectivity index (χ2v) is 30.0. The van der Waals surface area contributed by atoms with Gasteiger partial charge in [0.15, 0.2) is 0 Å². The van der Waals surface area contributed by atoms with E-state index in [4.69, 9.17) is 0 Å². The van der Waals surface area contributed by atoms with Gasteiger partial charge in [-0.15, -0.1) is 0 Å². The normalized spacial score (nSPS) is 12.8. The van der Waals surface area contributed by atoms with E-state index >= 15 is 0 Å². The Morgan fingerprint density at radius 1 is 0.264 bits per heavy atom. The zero-order chi connectivity index (χ0) is 60.1. The van der Waals surface area contributed by atoms with Gasteiger partial charge in [0.2, 0.25) is 0 Å². The standard InChI is InChI=1S/C75H58Br8N4/c1-5-8-23-84-68-26-43-13-15-45-28-70-54(36-62(45)78)56-38-64(80)47(30-72(56)85(70)24-9-6-2)17-19-49-32-74-58(40-66(49)82)59-41-67(83)50(33-75(59)87(74)51-21-11-42(4)12-22-51)20-18-48-31-73-57(39-65(48)81)55-37-63(79)46(29-71(55)86(73)25-10-7-3)16-14-44-27-69(84)53(35-61(44)77)52(68)34-60(43)76/h11-22,26-41H,5-10,23-25H2,1-4H3. The van der Waals surface area contributed by atoms with Gasteiger partial charge >= 0.3 is 0 Å². The van der Waals surface area contributed by atoms with Crippen LogP contribution in [0, 0.1) is 6.92 Å². The average molecular weight is 1650 g/mol. The van der Waals surface area contributed by atoms with Crippen LogP contribution in [-0.4, -0.2) is 18.3 Å². The summed E-state index contributed by atoms with van der Waals surface area (Å²) >= 11 is 32.6. The van der Waals surface area contributed by atoms with Crippen molar-refractivity contribution in [3.63, 3.8) is 0 Å². The van der Waals surface area contributed by atoms with E-state index in [-0.39, 0.29) is 0 Å². The number of nitrogens with zero attached hydrogens (tertiary/aromatic N) is 4. The van der Waals surface area contributed by atoms with E-state index in [0.29, 0.717) is 0 Å². The molecule has 16 bridgehead atoms. The van der Waals surface area contributed by atoms with E-state index in [0.717, 1.165) is 155 Å². The Kier molecular flexibility index (Phi) is 16.7. The van der Waals surface area contributed by atoms with E-state index in [2.05, 4.69) is 343 Å². The molecule has 13 aromatic rings. The highest BCUT2D eigenvalue weighted by Crippen LogP contribution is 2.44. The first-order valence-corrected chi connectivity index (χ1v) is 36.1. The fraction of sp³-hybridized carbons (Fsp3) is 0.173. The van der Waals surface area contributed by atoms with E-state index in [1.54, 1.807) is 0 Å². The molecule has 0 amide bonds. The molecule has 12 heteroatoms. The van der Waals surface area contributed by atoms with Gasteiger partial charge in [-0.3, -0.25) is 0 Å². The summed E-state index contributed by atoms with van der Waals surface area (Å²) in [4.78, 5) is 0. The van der Waals surface area contributed by atoms with Crippen LogP contribution in [0.5, 0.6) is 0 Å². The monoisotopic (exact) mass is 1650 g/mol. The van der Waals surface area contributed by atoms with E-state index in [1.807, 2.05) is 0 Å². The minimum atomic E-state index is 0.915. The summed E-state index contributed by atoms with van der Waals surface area (Å²) in [6, 6.07) is 46.3. The van der Waals surface area contributed by atoms with Crippen LogP contribution in [0.1, 0.15) is 109 Å². The van der Waals surface area contributed by atoms with Crippen molar-refractivity contribution in [2.75, 3.05) is 0 Å². The lowest BCUT2D eigenvalue weighted by atomic mass is 10.0. The van der Waals surface area contributed by atoms with Crippen molar-refractivity contribution in [1.82, 2.24) is 18.3 Å². The van der Waals surface area contributed by atoms with Crippen LogP contribution < -0.4 is 0 Å². The Labute approximate surface area is 574 Å². The smallest absolute Gasteiger partial charge is 0.0547 e. The molecule has 14 rings (SSSR count). The Balaban J connectivity index is 0.995. The topological polar surface area (TPSA) is 19.7 Å². The van der Waals surface area contributed by atoms with E-state index in [1.165, 1.54) is 81.8 Å². The Bertz CT molecular complexity index is 4870. The molecule has 0 saturated heterocycles. The Hall–Kier alpha value is -5.02. The van der Waals surface area contributed by atoms with E-state index in [9.17, 15) is 0 Å². The number of benzene rings is 9. The van der Waals surface area contributed by atoms with Crippen molar-refractivity contribution in [3.05, 3.63) is 207 Å². The molecule has 0 spiro atoms. The van der Waals surface area contributed by atoms with E-state index < -0.39 is 0 Å². The first kappa shape index (κ1) is 59.6. The largest absolute Gasteiger partial charge is 0.340 e. The molecule has 0 saturated carbocycles. The van der Waals surface area contributed by atoms with Crippen LogP contribution in [0.3, 0.4) is 0 Å². The maximum absolute atomic E-state index is 4.07. The van der Waals surface area contributed by atoms with Crippen molar-refractivity contribution in [1.29, 1.82) is 0 Å². The highest BCUT2D eigenvalue weighted by atomic mass is 79.9. The number of rotatable bonds is 10. The maximum atomic E-state index is 4.07. The molecule has 0 atom stereocenters. The molecule has 4 nitrogen and oxygen atoms in total. The predicted molar refractivity (Wildman–Crippen MR) is 406 cm³/mol. The van der Waals surface area contributed by atoms with Gasteiger partial charge in [0.25, 0.3) is 0 Å². The minimum absolute atomic E-state index is 0.915. The molecule has 4 aromatic heterocycles. The third-order valence-electron chi connectivity index (χ3n) is 17.6. The van der Waals surface area contributed by atoms with Crippen LogP contribution in [0.25, 0.3) is 142 Å². The number of aromatic nitrogens is 4. The summed E-state index contributed by atoms with van der Waals surface area (Å²) < 4.78 is 18.4. The van der Waals surface area contributed by atoms with Crippen molar-refractivity contribution in [2.45, 2.75) is 85.9 Å². The van der Waals surface area contributed by atoms with Gasteiger partial charge < -0.3 is 18.3 Å². The minimum Gasteiger partial charge on any atom is -0.340 e. The molecule has 87 heavy (non-hydrogen) atoms. The zero-order valence-corrected chi connectivity index (χ0v) is 61.0.